The second-order valence-corrected chi connectivity index (χ2v) is 5.61. The summed E-state index contributed by atoms with van der Waals surface area (Å²) < 4.78 is 0. The zero-order valence-electron chi connectivity index (χ0n) is 13.9. The van der Waals surface area contributed by atoms with Gasteiger partial charge in [-0.05, 0) is 37.4 Å². The molecule has 0 heterocycles. The lowest BCUT2D eigenvalue weighted by molar-refractivity contribution is -0.120. The zero-order chi connectivity index (χ0) is 15.9. The second kappa shape index (κ2) is 10.9. The highest BCUT2D eigenvalue weighted by Crippen LogP contribution is 2.16. The largest absolute Gasteiger partial charge is 0.399 e. The first-order valence-corrected chi connectivity index (χ1v) is 7.39. The van der Waals surface area contributed by atoms with Crippen molar-refractivity contribution < 1.29 is 4.79 Å². The van der Waals surface area contributed by atoms with E-state index in [1.54, 1.807) is 0 Å². The summed E-state index contributed by atoms with van der Waals surface area (Å²) in [5.41, 5.74) is 8.52. The van der Waals surface area contributed by atoms with Crippen LogP contribution in [-0.4, -0.2) is 31.4 Å². The van der Waals surface area contributed by atoms with Gasteiger partial charge in [0.05, 0.1) is 12.5 Å². The molecule has 0 aromatic heterocycles. The summed E-state index contributed by atoms with van der Waals surface area (Å²) in [5, 5.41) is 3.01. The van der Waals surface area contributed by atoms with Crippen molar-refractivity contribution in [2.24, 2.45) is 0 Å². The fourth-order valence-electron chi connectivity index (χ4n) is 2.37. The smallest absolute Gasteiger partial charge is 0.224 e. The van der Waals surface area contributed by atoms with E-state index in [2.05, 4.69) is 22.3 Å². The van der Waals surface area contributed by atoms with E-state index in [-0.39, 0.29) is 36.8 Å². The van der Waals surface area contributed by atoms with Gasteiger partial charge in [0.15, 0.2) is 0 Å². The van der Waals surface area contributed by atoms with Crippen molar-refractivity contribution in [2.45, 2.75) is 12.5 Å². The average Bonchev–Trinajstić information content (AvgIpc) is 2.50. The van der Waals surface area contributed by atoms with Crippen molar-refractivity contribution >= 4 is 36.4 Å². The summed E-state index contributed by atoms with van der Waals surface area (Å²) >= 11 is 0. The minimum absolute atomic E-state index is 0. The molecule has 1 atom stereocenters. The van der Waals surface area contributed by atoms with Crippen LogP contribution < -0.4 is 11.1 Å². The molecule has 0 spiro atoms. The normalized spacial score (nSPS) is 11.1. The number of benzene rings is 2. The number of hydrogen-bond acceptors (Lipinski definition) is 3. The van der Waals surface area contributed by atoms with Gasteiger partial charge in [0.1, 0.15) is 0 Å². The molecule has 3 N–H and O–H groups in total. The van der Waals surface area contributed by atoms with Gasteiger partial charge in [-0.15, -0.1) is 24.8 Å². The first kappa shape index (κ1) is 22.2. The highest BCUT2D eigenvalue weighted by atomic mass is 35.5. The van der Waals surface area contributed by atoms with E-state index in [9.17, 15) is 4.79 Å². The van der Waals surface area contributed by atoms with Crippen molar-refractivity contribution in [3.05, 3.63) is 65.7 Å². The number of amides is 1. The lowest BCUT2D eigenvalue weighted by atomic mass is 10.1. The molecule has 24 heavy (non-hydrogen) atoms. The van der Waals surface area contributed by atoms with E-state index < -0.39 is 0 Å². The number of nitrogens with one attached hydrogen (secondary N) is 1. The molecule has 0 bridgehead atoms. The van der Waals surface area contributed by atoms with E-state index in [1.165, 1.54) is 5.56 Å². The van der Waals surface area contributed by atoms with Gasteiger partial charge < -0.3 is 16.0 Å². The van der Waals surface area contributed by atoms with Gasteiger partial charge in [-0.25, -0.2) is 0 Å². The number of hydrogen-bond donors (Lipinski definition) is 2. The molecule has 4 nitrogen and oxygen atoms in total. The minimum atomic E-state index is 0. The second-order valence-electron chi connectivity index (χ2n) is 5.61. The molecule has 132 valence electrons. The van der Waals surface area contributed by atoms with Crippen LogP contribution in [0.3, 0.4) is 0 Å². The summed E-state index contributed by atoms with van der Waals surface area (Å²) in [6.45, 7) is 0.588. The van der Waals surface area contributed by atoms with Crippen molar-refractivity contribution in [2.75, 3.05) is 26.4 Å². The Balaban J connectivity index is 0.00000264. The van der Waals surface area contributed by atoms with Crippen LogP contribution in [0.15, 0.2) is 54.6 Å². The maximum Gasteiger partial charge on any atom is 0.224 e. The Morgan fingerprint density at radius 1 is 1.04 bits per heavy atom. The van der Waals surface area contributed by atoms with Gasteiger partial charge in [0.25, 0.3) is 0 Å². The van der Waals surface area contributed by atoms with Crippen LogP contribution in [-0.2, 0) is 11.2 Å². The van der Waals surface area contributed by atoms with Crippen LogP contribution in [0.5, 0.6) is 0 Å². The quantitative estimate of drug-likeness (QED) is 0.769. The molecular weight excluding hydrogens is 345 g/mol. The zero-order valence-corrected chi connectivity index (χ0v) is 15.6. The molecule has 0 aliphatic heterocycles. The van der Waals surface area contributed by atoms with Crippen molar-refractivity contribution in [1.29, 1.82) is 0 Å². The molecule has 6 heteroatoms. The number of rotatable bonds is 6. The Kier molecular flexibility index (Phi) is 10.1. The van der Waals surface area contributed by atoms with Crippen LogP contribution in [0.4, 0.5) is 5.69 Å². The van der Waals surface area contributed by atoms with Gasteiger partial charge in [-0.2, -0.15) is 0 Å². The predicted molar refractivity (Wildman–Crippen MR) is 105 cm³/mol. The van der Waals surface area contributed by atoms with Crippen LogP contribution in [0.25, 0.3) is 0 Å². The number of likely N-dealkylation sites (N-methyl/N-ethyl adjacent to an activating group) is 1. The standard InChI is InChI=1S/C18H23N3O.2ClH/c1-21(2)17(15-6-4-3-5-7-15)13-20-18(22)12-14-8-10-16(19)11-9-14;;/h3-11,17H,12-13,19H2,1-2H3,(H,20,22);2*1H. The Labute approximate surface area is 156 Å². The third-order valence-corrected chi connectivity index (χ3v) is 3.64. The highest BCUT2D eigenvalue weighted by Gasteiger charge is 2.14. The van der Waals surface area contributed by atoms with Crippen LogP contribution in [0, 0.1) is 0 Å². The highest BCUT2D eigenvalue weighted by molar-refractivity contribution is 5.85. The van der Waals surface area contributed by atoms with Gasteiger partial charge in [0, 0.05) is 12.2 Å². The predicted octanol–water partition coefficient (Wildman–Crippen LogP) is 3.07. The van der Waals surface area contributed by atoms with Gasteiger partial charge in [-0.3, -0.25) is 4.79 Å². The average molecular weight is 370 g/mol. The first-order chi connectivity index (χ1) is 10.6. The van der Waals surface area contributed by atoms with Crippen LogP contribution >= 0.6 is 24.8 Å². The maximum atomic E-state index is 12.1. The summed E-state index contributed by atoms with van der Waals surface area (Å²) in [6, 6.07) is 17.7. The fraction of sp³-hybridized carbons (Fsp3) is 0.278. The van der Waals surface area contributed by atoms with Gasteiger partial charge >= 0.3 is 0 Å². The summed E-state index contributed by atoms with van der Waals surface area (Å²) in [4.78, 5) is 14.2. The number of nitrogen functional groups attached to an aromatic ring is 1. The van der Waals surface area contributed by atoms with Gasteiger partial charge in [0.2, 0.25) is 5.91 Å². The number of nitrogens with two attached hydrogens (primary N) is 1. The van der Waals surface area contributed by atoms with E-state index in [4.69, 9.17) is 5.73 Å². The Hall–Kier alpha value is -1.75. The molecular formula is C18H25Cl2N3O. The summed E-state index contributed by atoms with van der Waals surface area (Å²) in [5.74, 6) is 0.0209. The fourth-order valence-corrected chi connectivity index (χ4v) is 2.37. The lowest BCUT2D eigenvalue weighted by Crippen LogP contribution is -2.35. The van der Waals surface area contributed by atoms with E-state index >= 15 is 0 Å². The number of nitrogens with zero attached hydrogens (tertiary/aromatic N) is 1. The lowest BCUT2D eigenvalue weighted by Gasteiger charge is -2.25. The molecule has 2 rings (SSSR count). The molecule has 0 saturated heterocycles. The third kappa shape index (κ3) is 6.79. The molecule has 2 aromatic rings. The maximum absolute atomic E-state index is 12.1. The Morgan fingerprint density at radius 2 is 1.62 bits per heavy atom. The summed E-state index contributed by atoms with van der Waals surface area (Å²) in [6.07, 6.45) is 0.370. The number of carbonyl (C=O) groups excluding carboxylic acids is 1. The number of halogens is 2. The molecule has 0 saturated carbocycles. The van der Waals surface area contributed by atoms with E-state index in [0.717, 1.165) is 5.56 Å². The number of carbonyl (C=O) groups is 1. The minimum Gasteiger partial charge on any atom is -0.399 e. The summed E-state index contributed by atoms with van der Waals surface area (Å²) in [7, 11) is 4.04. The van der Waals surface area contributed by atoms with Crippen LogP contribution in [0.1, 0.15) is 17.2 Å². The SMILES string of the molecule is CN(C)C(CNC(=O)Cc1ccc(N)cc1)c1ccccc1.Cl.Cl. The molecule has 1 unspecified atom stereocenters. The Bertz CT molecular complexity index is 603. The van der Waals surface area contributed by atoms with Crippen molar-refractivity contribution in [1.82, 2.24) is 10.2 Å². The van der Waals surface area contributed by atoms with Crippen molar-refractivity contribution in [3.63, 3.8) is 0 Å². The molecule has 1 amide bonds. The van der Waals surface area contributed by atoms with Crippen molar-refractivity contribution in [3.8, 4) is 0 Å². The number of anilines is 1. The first-order valence-electron chi connectivity index (χ1n) is 7.39. The monoisotopic (exact) mass is 369 g/mol. The molecule has 2 aromatic carbocycles. The van der Waals surface area contributed by atoms with Crippen LogP contribution in [0.2, 0.25) is 0 Å². The molecule has 0 radical (unpaired) electrons. The van der Waals surface area contributed by atoms with E-state index in [0.29, 0.717) is 18.7 Å². The topological polar surface area (TPSA) is 58.4 Å². The molecule has 0 fully saturated rings. The third-order valence-electron chi connectivity index (χ3n) is 3.64. The Morgan fingerprint density at radius 3 is 2.17 bits per heavy atom. The molecule has 0 aliphatic rings. The van der Waals surface area contributed by atoms with E-state index in [1.807, 2.05) is 56.6 Å². The molecule has 0 aliphatic carbocycles. The van der Waals surface area contributed by atoms with Gasteiger partial charge in [-0.1, -0.05) is 42.5 Å².